The van der Waals surface area contributed by atoms with Crippen LogP contribution in [0.1, 0.15) is 0 Å². The summed E-state index contributed by atoms with van der Waals surface area (Å²) in [5.41, 5.74) is -1.14. The van der Waals surface area contributed by atoms with Crippen LogP contribution in [0, 0.1) is 10.1 Å². The molecule has 120 valence electrons. The normalized spacial score (nSPS) is 14.8. The average molecular weight is 341 g/mol. The fourth-order valence-electron chi connectivity index (χ4n) is 1.57. The molecule has 0 heterocycles. The van der Waals surface area contributed by atoms with Crippen molar-refractivity contribution in [3.8, 4) is 11.5 Å². The van der Waals surface area contributed by atoms with Crippen molar-refractivity contribution in [2.45, 2.75) is 4.90 Å². The van der Waals surface area contributed by atoms with Crippen molar-refractivity contribution < 1.29 is 29.1 Å². The highest BCUT2D eigenvalue weighted by Gasteiger charge is 2.66. The highest BCUT2D eigenvalue weighted by molar-refractivity contribution is 8.45. The minimum absolute atomic E-state index is 0.0432. The number of ether oxygens (including phenoxy) is 1. The maximum atomic E-state index is 12.8. The van der Waals surface area contributed by atoms with Crippen molar-refractivity contribution in [1.82, 2.24) is 0 Å². The monoisotopic (exact) mass is 341 g/mol. The minimum Gasteiger partial charge on any atom is -0.457 e. The number of rotatable bonds is 4. The van der Waals surface area contributed by atoms with E-state index >= 15 is 0 Å². The molecule has 0 saturated carbocycles. The number of hydrogen-bond acceptors (Lipinski definition) is 3. The number of benzene rings is 2. The van der Waals surface area contributed by atoms with Gasteiger partial charge in [0.25, 0.3) is 5.69 Å². The number of halogens is 5. The van der Waals surface area contributed by atoms with Crippen LogP contribution in [-0.2, 0) is 0 Å². The van der Waals surface area contributed by atoms with E-state index < -0.39 is 31.5 Å². The quantitative estimate of drug-likeness (QED) is 0.387. The van der Waals surface area contributed by atoms with Gasteiger partial charge in [-0.05, 0) is 12.1 Å². The van der Waals surface area contributed by atoms with Gasteiger partial charge in [0.2, 0.25) is 0 Å². The van der Waals surface area contributed by atoms with Gasteiger partial charge in [-0.1, -0.05) is 37.6 Å². The topological polar surface area (TPSA) is 52.4 Å². The molecule has 4 nitrogen and oxygen atoms in total. The summed E-state index contributed by atoms with van der Waals surface area (Å²) in [6, 6.07) is 7.79. The summed E-state index contributed by atoms with van der Waals surface area (Å²) in [5, 5.41) is 10.6. The molecule has 0 N–H and O–H groups in total. The van der Waals surface area contributed by atoms with Crippen LogP contribution in [0.2, 0.25) is 0 Å². The van der Waals surface area contributed by atoms with Crippen LogP contribution in [0.15, 0.2) is 53.4 Å². The van der Waals surface area contributed by atoms with Gasteiger partial charge >= 0.3 is 10.2 Å². The number of para-hydroxylation sites is 1. The van der Waals surface area contributed by atoms with E-state index in [9.17, 15) is 29.5 Å². The Morgan fingerprint density at radius 1 is 0.909 bits per heavy atom. The maximum Gasteiger partial charge on any atom is 0.310 e. The minimum atomic E-state index is -10.1. The van der Waals surface area contributed by atoms with E-state index in [1.54, 1.807) is 6.07 Å². The molecule has 10 heteroatoms. The van der Waals surface area contributed by atoms with Gasteiger partial charge in [0.1, 0.15) is 16.4 Å². The lowest BCUT2D eigenvalue weighted by molar-refractivity contribution is -0.385. The molecule has 22 heavy (non-hydrogen) atoms. The van der Waals surface area contributed by atoms with E-state index in [4.69, 9.17) is 4.74 Å². The van der Waals surface area contributed by atoms with E-state index in [-0.39, 0.29) is 17.9 Å². The van der Waals surface area contributed by atoms with Gasteiger partial charge in [-0.3, -0.25) is 10.1 Å². The number of nitrogens with zero attached hydrogens (tertiary/aromatic N) is 1. The SMILES string of the molecule is O=[N+]([O-])c1cc(Oc2ccccc2)cc(S(F)(F)(F)(F)F)c1. The zero-order chi connectivity index (χ0) is 16.7. The Morgan fingerprint density at radius 2 is 1.50 bits per heavy atom. The van der Waals surface area contributed by atoms with Gasteiger partial charge in [-0.15, -0.1) is 0 Å². The van der Waals surface area contributed by atoms with E-state index in [0.717, 1.165) is 0 Å². The molecule has 0 fully saturated rings. The number of nitro groups is 1. The predicted octanol–water partition coefficient (Wildman–Crippen LogP) is 6.04. The van der Waals surface area contributed by atoms with E-state index in [1.807, 2.05) is 0 Å². The molecule has 0 aliphatic rings. The molecule has 2 aromatic rings. The second kappa shape index (κ2) is 4.32. The lowest BCUT2D eigenvalue weighted by Gasteiger charge is -2.40. The molecule has 0 aliphatic heterocycles. The summed E-state index contributed by atoms with van der Waals surface area (Å²) in [4.78, 5) is 7.07. The summed E-state index contributed by atoms with van der Waals surface area (Å²) in [7, 11) is -10.1. The third-order valence-corrected chi connectivity index (χ3v) is 3.63. The second-order valence-corrected chi connectivity index (χ2v) is 6.71. The van der Waals surface area contributed by atoms with E-state index in [1.165, 1.54) is 24.3 Å². The maximum absolute atomic E-state index is 12.8. The smallest absolute Gasteiger partial charge is 0.310 e. The average Bonchev–Trinajstić information content (AvgIpc) is 2.37. The van der Waals surface area contributed by atoms with Crippen molar-refractivity contribution in [2.24, 2.45) is 0 Å². The summed E-state index contributed by atoms with van der Waals surface area (Å²) in [6.07, 6.45) is 0. The Labute approximate surface area is 121 Å². The zero-order valence-electron chi connectivity index (χ0n) is 10.6. The molecular formula is C12H8F5NO3S. The van der Waals surface area contributed by atoms with Crippen LogP contribution in [0.25, 0.3) is 0 Å². The van der Waals surface area contributed by atoms with Gasteiger partial charge in [0.05, 0.1) is 11.0 Å². The number of non-ortho nitro benzene ring substituents is 1. The first-order valence-corrected chi connectivity index (χ1v) is 7.57. The third kappa shape index (κ3) is 3.85. The van der Waals surface area contributed by atoms with Crippen molar-refractivity contribution in [1.29, 1.82) is 0 Å². The Hall–Kier alpha value is -2.36. The molecule has 0 spiro atoms. The molecule has 2 rings (SSSR count). The first kappa shape index (κ1) is 16.0. The molecular weight excluding hydrogens is 333 g/mol. The van der Waals surface area contributed by atoms with Gasteiger partial charge in [-0.25, -0.2) is 0 Å². The standard InChI is InChI=1S/C12H8F5NO3S/c13-22(14,15,16,17)12-7-9(18(19)20)6-11(8-12)21-10-4-2-1-3-5-10/h1-8H. The van der Waals surface area contributed by atoms with Crippen molar-refractivity contribution in [3.05, 3.63) is 58.6 Å². The van der Waals surface area contributed by atoms with Gasteiger partial charge < -0.3 is 4.74 Å². The summed E-state index contributed by atoms with van der Waals surface area (Å²) in [5.74, 6) is -0.653. The zero-order valence-corrected chi connectivity index (χ0v) is 11.4. The number of nitro benzene ring substituents is 1. The summed E-state index contributed by atoms with van der Waals surface area (Å²) >= 11 is 0. The van der Waals surface area contributed by atoms with Crippen LogP contribution < -0.4 is 4.74 Å². The van der Waals surface area contributed by atoms with Crippen molar-refractivity contribution >= 4 is 15.9 Å². The summed E-state index contributed by atoms with van der Waals surface area (Å²) < 4.78 is 69.1. The van der Waals surface area contributed by atoms with Crippen molar-refractivity contribution in [3.63, 3.8) is 0 Å². The molecule has 0 unspecified atom stereocenters. The number of hydrogen-bond donors (Lipinski definition) is 0. The molecule has 0 aromatic heterocycles. The Bertz CT molecular complexity index is 734. The fraction of sp³-hybridized carbons (Fsp3) is 0. The first-order chi connectivity index (χ1) is 9.85. The van der Waals surface area contributed by atoms with Crippen LogP contribution in [0.5, 0.6) is 11.5 Å². The lowest BCUT2D eigenvalue weighted by Crippen LogP contribution is -2.07. The fourth-order valence-corrected chi connectivity index (χ4v) is 2.25. The first-order valence-electron chi connectivity index (χ1n) is 5.62. The molecule has 0 amide bonds. The molecule has 0 radical (unpaired) electrons. The van der Waals surface area contributed by atoms with Crippen LogP contribution in [-0.4, -0.2) is 4.92 Å². The van der Waals surface area contributed by atoms with Crippen LogP contribution in [0.4, 0.5) is 25.1 Å². The van der Waals surface area contributed by atoms with Crippen LogP contribution >= 0.6 is 10.2 Å². The highest BCUT2D eigenvalue weighted by atomic mass is 32.5. The van der Waals surface area contributed by atoms with E-state index in [0.29, 0.717) is 6.07 Å². The molecule has 0 bridgehead atoms. The van der Waals surface area contributed by atoms with Gasteiger partial charge in [0.15, 0.2) is 0 Å². The highest BCUT2D eigenvalue weighted by Crippen LogP contribution is 3.02. The Morgan fingerprint density at radius 3 is 2.00 bits per heavy atom. The molecule has 0 aliphatic carbocycles. The van der Waals surface area contributed by atoms with Crippen molar-refractivity contribution in [2.75, 3.05) is 0 Å². The largest absolute Gasteiger partial charge is 0.457 e. The van der Waals surface area contributed by atoms with E-state index in [2.05, 4.69) is 0 Å². The van der Waals surface area contributed by atoms with Gasteiger partial charge in [0, 0.05) is 12.1 Å². The summed E-state index contributed by atoms with van der Waals surface area (Å²) in [6.45, 7) is 0. The molecule has 0 saturated heterocycles. The predicted molar refractivity (Wildman–Crippen MR) is 71.0 cm³/mol. The lowest BCUT2D eigenvalue weighted by atomic mass is 10.3. The molecule has 2 aromatic carbocycles. The third-order valence-electron chi connectivity index (χ3n) is 2.50. The van der Waals surface area contributed by atoms with Gasteiger partial charge in [-0.2, -0.15) is 0 Å². The Balaban J connectivity index is 2.57. The second-order valence-electron chi connectivity index (χ2n) is 4.30. The van der Waals surface area contributed by atoms with Crippen LogP contribution in [0.3, 0.4) is 0 Å². The Kier molecular flexibility index (Phi) is 3.15. The molecule has 0 atom stereocenters.